The number of amides is 1. The summed E-state index contributed by atoms with van der Waals surface area (Å²) in [6.45, 7) is 1.78. The summed E-state index contributed by atoms with van der Waals surface area (Å²) in [6.07, 6.45) is 4.04. The van der Waals surface area contributed by atoms with E-state index in [-0.39, 0.29) is 23.4 Å². The van der Waals surface area contributed by atoms with E-state index in [0.717, 1.165) is 43.4 Å². The number of nitrogens with zero attached hydrogens (tertiary/aromatic N) is 1. The molecule has 140 valence electrons. The van der Waals surface area contributed by atoms with Crippen LogP contribution in [0.1, 0.15) is 51.6 Å². The molecule has 0 saturated heterocycles. The lowest BCUT2D eigenvalue weighted by Gasteiger charge is -2.19. The van der Waals surface area contributed by atoms with Crippen molar-refractivity contribution in [2.45, 2.75) is 32.6 Å². The van der Waals surface area contributed by atoms with Crippen molar-refractivity contribution in [3.63, 3.8) is 0 Å². The van der Waals surface area contributed by atoms with Gasteiger partial charge in [-0.15, -0.1) is 0 Å². The first-order chi connectivity index (χ1) is 13.0. The van der Waals surface area contributed by atoms with E-state index < -0.39 is 16.8 Å². The molecule has 0 aliphatic heterocycles. The lowest BCUT2D eigenvalue weighted by Crippen LogP contribution is -2.16. The SMILES string of the molecule is CCOC(=O)c1cc(C(=O)Nc2cccc3c2CCCC3)cc([N+](=O)[O-])c1. The van der Waals surface area contributed by atoms with E-state index in [4.69, 9.17) is 4.74 Å². The van der Waals surface area contributed by atoms with Gasteiger partial charge in [0.25, 0.3) is 11.6 Å². The van der Waals surface area contributed by atoms with Gasteiger partial charge in [-0.3, -0.25) is 14.9 Å². The van der Waals surface area contributed by atoms with Crippen LogP contribution >= 0.6 is 0 Å². The molecule has 0 bridgehead atoms. The minimum absolute atomic E-state index is 0.0220. The first-order valence-electron chi connectivity index (χ1n) is 8.88. The maximum Gasteiger partial charge on any atom is 0.338 e. The molecule has 27 heavy (non-hydrogen) atoms. The van der Waals surface area contributed by atoms with Gasteiger partial charge in [-0.25, -0.2) is 4.79 Å². The number of nitrogens with one attached hydrogen (secondary N) is 1. The number of carbonyl (C=O) groups is 2. The highest BCUT2D eigenvalue weighted by Crippen LogP contribution is 2.28. The summed E-state index contributed by atoms with van der Waals surface area (Å²) in [7, 11) is 0. The van der Waals surface area contributed by atoms with Crippen molar-refractivity contribution in [1.82, 2.24) is 0 Å². The fourth-order valence-electron chi connectivity index (χ4n) is 3.27. The lowest BCUT2D eigenvalue weighted by molar-refractivity contribution is -0.384. The van der Waals surface area contributed by atoms with E-state index in [1.54, 1.807) is 6.92 Å². The number of rotatable bonds is 5. The molecule has 0 spiro atoms. The molecular weight excluding hydrogens is 348 g/mol. The second-order valence-electron chi connectivity index (χ2n) is 6.35. The van der Waals surface area contributed by atoms with Gasteiger partial charge in [0.05, 0.1) is 17.1 Å². The summed E-state index contributed by atoms with van der Waals surface area (Å²) < 4.78 is 4.90. The molecule has 0 atom stereocenters. The van der Waals surface area contributed by atoms with Crippen LogP contribution < -0.4 is 5.32 Å². The van der Waals surface area contributed by atoms with Crippen molar-refractivity contribution >= 4 is 23.3 Å². The Kier molecular flexibility index (Phi) is 5.49. The number of non-ortho nitro benzene ring substituents is 1. The fourth-order valence-corrected chi connectivity index (χ4v) is 3.27. The maximum atomic E-state index is 12.7. The van der Waals surface area contributed by atoms with Gasteiger partial charge in [0, 0.05) is 23.4 Å². The minimum Gasteiger partial charge on any atom is -0.462 e. The summed E-state index contributed by atoms with van der Waals surface area (Å²) in [5.74, 6) is -1.20. The van der Waals surface area contributed by atoms with Gasteiger partial charge < -0.3 is 10.1 Å². The molecule has 0 heterocycles. The van der Waals surface area contributed by atoms with Gasteiger partial charge in [0.2, 0.25) is 0 Å². The van der Waals surface area contributed by atoms with Crippen molar-refractivity contribution in [1.29, 1.82) is 0 Å². The van der Waals surface area contributed by atoms with Crippen LogP contribution in [0.25, 0.3) is 0 Å². The molecular formula is C20H20N2O5. The van der Waals surface area contributed by atoms with Crippen LogP contribution in [0.2, 0.25) is 0 Å². The second kappa shape index (κ2) is 7.99. The molecule has 0 aromatic heterocycles. The van der Waals surface area contributed by atoms with Crippen molar-refractivity contribution < 1.29 is 19.2 Å². The van der Waals surface area contributed by atoms with Crippen LogP contribution in [-0.4, -0.2) is 23.4 Å². The normalized spacial score (nSPS) is 12.8. The Morgan fingerprint density at radius 2 is 1.89 bits per heavy atom. The number of benzene rings is 2. The summed E-state index contributed by atoms with van der Waals surface area (Å²) in [6, 6.07) is 9.35. The van der Waals surface area contributed by atoms with E-state index in [2.05, 4.69) is 11.4 Å². The number of esters is 1. The standard InChI is InChI=1S/C20H20N2O5/c1-2-27-20(24)15-10-14(11-16(12-15)22(25)26)19(23)21-18-9-5-7-13-6-3-4-8-17(13)18/h5,7,9-12H,2-4,6,8H2,1H3,(H,21,23). The van der Waals surface area contributed by atoms with E-state index in [0.29, 0.717) is 5.69 Å². The molecule has 1 N–H and O–H groups in total. The molecule has 1 aliphatic carbocycles. The van der Waals surface area contributed by atoms with Gasteiger partial charge >= 0.3 is 5.97 Å². The third-order valence-electron chi connectivity index (χ3n) is 4.55. The van der Waals surface area contributed by atoms with Crippen LogP contribution in [0.4, 0.5) is 11.4 Å². The average Bonchev–Trinajstić information content (AvgIpc) is 2.68. The maximum absolute atomic E-state index is 12.7. The number of hydrogen-bond acceptors (Lipinski definition) is 5. The number of fused-ring (bicyclic) bond motifs is 1. The summed E-state index contributed by atoms with van der Waals surface area (Å²) in [5, 5.41) is 14.0. The monoisotopic (exact) mass is 368 g/mol. The Bertz CT molecular complexity index is 907. The van der Waals surface area contributed by atoms with Crippen molar-refractivity contribution in [2.24, 2.45) is 0 Å². The zero-order chi connectivity index (χ0) is 19.4. The summed E-state index contributed by atoms with van der Waals surface area (Å²) in [4.78, 5) is 35.2. The van der Waals surface area contributed by atoms with Gasteiger partial charge in [0.1, 0.15) is 0 Å². The molecule has 3 rings (SSSR count). The highest BCUT2D eigenvalue weighted by atomic mass is 16.6. The van der Waals surface area contributed by atoms with E-state index >= 15 is 0 Å². The fraction of sp³-hybridized carbons (Fsp3) is 0.300. The van der Waals surface area contributed by atoms with E-state index in [9.17, 15) is 19.7 Å². The Labute approximate surface area is 156 Å². The molecule has 0 fully saturated rings. The molecule has 0 unspecified atom stereocenters. The molecule has 2 aromatic carbocycles. The van der Waals surface area contributed by atoms with Crippen LogP contribution in [-0.2, 0) is 17.6 Å². The van der Waals surface area contributed by atoms with Crippen molar-refractivity contribution in [3.05, 3.63) is 68.8 Å². The van der Waals surface area contributed by atoms with Crippen LogP contribution in [0, 0.1) is 10.1 Å². The minimum atomic E-state index is -0.702. The number of anilines is 1. The zero-order valence-corrected chi connectivity index (χ0v) is 15.0. The van der Waals surface area contributed by atoms with Gasteiger partial charge in [-0.2, -0.15) is 0 Å². The topological polar surface area (TPSA) is 98.5 Å². The number of carbonyl (C=O) groups excluding carboxylic acids is 2. The second-order valence-corrected chi connectivity index (χ2v) is 6.35. The zero-order valence-electron chi connectivity index (χ0n) is 15.0. The number of nitro groups is 1. The molecule has 7 heteroatoms. The predicted molar refractivity (Wildman–Crippen MR) is 100 cm³/mol. The van der Waals surface area contributed by atoms with Crippen LogP contribution in [0.3, 0.4) is 0 Å². The van der Waals surface area contributed by atoms with Gasteiger partial charge in [0.15, 0.2) is 0 Å². The Hall–Kier alpha value is -3.22. The van der Waals surface area contributed by atoms with Gasteiger partial charge in [-0.05, 0) is 55.9 Å². The van der Waals surface area contributed by atoms with Crippen LogP contribution in [0.15, 0.2) is 36.4 Å². The Balaban J connectivity index is 1.92. The highest BCUT2D eigenvalue weighted by molar-refractivity contribution is 6.06. The molecule has 0 radical (unpaired) electrons. The average molecular weight is 368 g/mol. The summed E-state index contributed by atoms with van der Waals surface area (Å²) >= 11 is 0. The van der Waals surface area contributed by atoms with Crippen molar-refractivity contribution in [2.75, 3.05) is 11.9 Å². The largest absolute Gasteiger partial charge is 0.462 e. The number of hydrogen-bond donors (Lipinski definition) is 1. The third kappa shape index (κ3) is 4.13. The third-order valence-corrected chi connectivity index (χ3v) is 4.55. The van der Waals surface area contributed by atoms with E-state index in [1.165, 1.54) is 11.6 Å². The molecule has 1 amide bonds. The quantitative estimate of drug-likeness (QED) is 0.490. The number of ether oxygens (including phenoxy) is 1. The van der Waals surface area contributed by atoms with Crippen LogP contribution in [0.5, 0.6) is 0 Å². The smallest absolute Gasteiger partial charge is 0.338 e. The summed E-state index contributed by atoms with van der Waals surface area (Å²) in [5.41, 5.74) is 2.72. The molecule has 0 saturated carbocycles. The Morgan fingerprint density at radius 1 is 1.15 bits per heavy atom. The highest BCUT2D eigenvalue weighted by Gasteiger charge is 2.20. The molecule has 2 aromatic rings. The van der Waals surface area contributed by atoms with Gasteiger partial charge in [-0.1, -0.05) is 12.1 Å². The Morgan fingerprint density at radius 3 is 2.63 bits per heavy atom. The van der Waals surface area contributed by atoms with E-state index in [1.807, 2.05) is 12.1 Å². The first-order valence-corrected chi connectivity index (χ1v) is 8.88. The number of nitro benzene ring substituents is 1. The predicted octanol–water partition coefficient (Wildman–Crippen LogP) is 3.90. The van der Waals surface area contributed by atoms with Crippen molar-refractivity contribution in [3.8, 4) is 0 Å². The first kappa shape index (κ1) is 18.6. The lowest BCUT2D eigenvalue weighted by atomic mass is 9.90. The molecule has 7 nitrogen and oxygen atoms in total. The number of aryl methyl sites for hydroxylation is 1. The molecule has 1 aliphatic rings.